The zero-order chi connectivity index (χ0) is 16.4. The number of piperidine rings is 1. The van der Waals surface area contributed by atoms with E-state index in [0.717, 1.165) is 0 Å². The van der Waals surface area contributed by atoms with Crippen molar-refractivity contribution in [2.45, 2.75) is 37.5 Å². The molecule has 1 aliphatic heterocycles. The summed E-state index contributed by atoms with van der Waals surface area (Å²) < 4.78 is 36.7. The number of carbonyl (C=O) groups is 1. The summed E-state index contributed by atoms with van der Waals surface area (Å²) in [5.74, 6) is -1.01. The van der Waals surface area contributed by atoms with Gasteiger partial charge in [-0.2, -0.15) is 13.2 Å². The number of aryl methyl sites for hydroxylation is 1. The van der Waals surface area contributed by atoms with Crippen molar-refractivity contribution < 1.29 is 28.2 Å². The van der Waals surface area contributed by atoms with E-state index in [-0.39, 0.29) is 44.0 Å². The highest BCUT2D eigenvalue weighted by atomic mass is 19.4. The molecule has 0 atom stereocenters. The molecule has 0 aliphatic carbocycles. The predicted molar refractivity (Wildman–Crippen MR) is 70.4 cm³/mol. The van der Waals surface area contributed by atoms with Gasteiger partial charge in [-0.05, 0) is 12.5 Å². The second kappa shape index (κ2) is 6.07. The van der Waals surface area contributed by atoms with Crippen LogP contribution in [0, 0.1) is 0 Å². The Morgan fingerprint density at radius 2 is 2.00 bits per heavy atom. The number of halogens is 3. The summed E-state index contributed by atoms with van der Waals surface area (Å²) in [5.41, 5.74) is -1.48. The van der Waals surface area contributed by atoms with E-state index in [4.69, 9.17) is 5.11 Å². The minimum Gasteiger partial charge on any atom is -0.479 e. The molecule has 1 fully saturated rings. The Kier molecular flexibility index (Phi) is 4.55. The number of rotatable bonds is 4. The van der Waals surface area contributed by atoms with Gasteiger partial charge in [0.25, 0.3) is 0 Å². The summed E-state index contributed by atoms with van der Waals surface area (Å²) in [5, 5.41) is 18.8. The molecule has 6 nitrogen and oxygen atoms in total. The molecule has 0 aromatic carbocycles. The van der Waals surface area contributed by atoms with Gasteiger partial charge in [-0.1, -0.05) is 0 Å². The number of nitrogens with zero attached hydrogens (tertiary/aromatic N) is 3. The van der Waals surface area contributed by atoms with Gasteiger partial charge in [-0.15, -0.1) is 0 Å². The maximum atomic E-state index is 12.2. The second-order valence-electron chi connectivity index (χ2n) is 5.29. The second-order valence-corrected chi connectivity index (χ2v) is 5.29. The molecule has 1 aliphatic rings. The summed E-state index contributed by atoms with van der Waals surface area (Å²) in [6, 6.07) is 1.42. The van der Waals surface area contributed by atoms with Crippen LogP contribution in [0.15, 0.2) is 12.3 Å². The van der Waals surface area contributed by atoms with Crippen LogP contribution in [0.3, 0.4) is 0 Å². The number of carboxylic acid groups (broad SMARTS) is 1. The van der Waals surface area contributed by atoms with Crippen LogP contribution in [0.25, 0.3) is 0 Å². The Morgan fingerprint density at radius 3 is 2.55 bits per heavy atom. The van der Waals surface area contributed by atoms with Crippen molar-refractivity contribution >= 4 is 11.9 Å². The Hall–Kier alpha value is -1.90. The molecule has 0 amide bonds. The Bertz CT molecular complexity index is 543. The lowest BCUT2D eigenvalue weighted by molar-refractivity contribution is -0.160. The molecule has 1 saturated heterocycles. The first kappa shape index (κ1) is 16.5. The Balaban J connectivity index is 2.01. The molecule has 2 rings (SSSR count). The van der Waals surface area contributed by atoms with Crippen LogP contribution in [-0.2, 0) is 11.2 Å². The molecular weight excluding hydrogens is 303 g/mol. The highest BCUT2D eigenvalue weighted by Crippen LogP contribution is 2.25. The zero-order valence-electron chi connectivity index (χ0n) is 11.7. The van der Waals surface area contributed by atoms with Gasteiger partial charge in [-0.3, -0.25) is 0 Å². The number of aliphatic hydroxyl groups is 1. The van der Waals surface area contributed by atoms with E-state index in [1.54, 1.807) is 4.90 Å². The van der Waals surface area contributed by atoms with Crippen LogP contribution in [0.1, 0.15) is 25.0 Å². The first-order chi connectivity index (χ1) is 10.2. The van der Waals surface area contributed by atoms with Gasteiger partial charge in [-0.25, -0.2) is 14.8 Å². The highest BCUT2D eigenvalue weighted by Gasteiger charge is 2.39. The summed E-state index contributed by atoms with van der Waals surface area (Å²) in [4.78, 5) is 20.7. The summed E-state index contributed by atoms with van der Waals surface area (Å²) >= 11 is 0. The highest BCUT2D eigenvalue weighted by molar-refractivity contribution is 5.77. The average Bonchev–Trinajstić information content (AvgIpc) is 2.45. The van der Waals surface area contributed by atoms with Gasteiger partial charge in [0.1, 0.15) is 0 Å². The van der Waals surface area contributed by atoms with Crippen molar-refractivity contribution in [3.8, 4) is 0 Å². The van der Waals surface area contributed by atoms with E-state index in [9.17, 15) is 23.1 Å². The molecule has 1 aromatic rings. The lowest BCUT2D eigenvalue weighted by Gasteiger charge is -2.35. The fraction of sp³-hybridized carbons (Fsp3) is 0.615. The normalized spacial score (nSPS) is 18.3. The van der Waals surface area contributed by atoms with Crippen molar-refractivity contribution in [2.75, 3.05) is 18.0 Å². The molecule has 0 saturated carbocycles. The Labute approximate surface area is 124 Å². The molecule has 9 heteroatoms. The molecule has 0 bridgehead atoms. The van der Waals surface area contributed by atoms with Crippen molar-refractivity contribution in [1.29, 1.82) is 0 Å². The van der Waals surface area contributed by atoms with Gasteiger partial charge in [0.15, 0.2) is 5.60 Å². The van der Waals surface area contributed by atoms with Crippen LogP contribution in [0.4, 0.5) is 19.1 Å². The molecule has 0 unspecified atom stereocenters. The summed E-state index contributed by atoms with van der Waals surface area (Å²) in [6.45, 7) is 0.455. The van der Waals surface area contributed by atoms with Gasteiger partial charge in [0, 0.05) is 44.2 Å². The van der Waals surface area contributed by atoms with Gasteiger partial charge in [0.2, 0.25) is 5.95 Å². The topological polar surface area (TPSA) is 86.5 Å². The van der Waals surface area contributed by atoms with Crippen molar-refractivity contribution in [3.63, 3.8) is 0 Å². The summed E-state index contributed by atoms with van der Waals surface area (Å²) in [7, 11) is 0. The number of hydrogen-bond acceptors (Lipinski definition) is 5. The third-order valence-electron chi connectivity index (χ3n) is 3.64. The predicted octanol–water partition coefficient (Wildman–Crippen LogP) is 1.39. The number of alkyl halides is 3. The van der Waals surface area contributed by atoms with Crippen LogP contribution in [0.5, 0.6) is 0 Å². The lowest BCUT2D eigenvalue weighted by Crippen LogP contribution is -2.49. The van der Waals surface area contributed by atoms with E-state index in [1.165, 1.54) is 12.3 Å². The average molecular weight is 319 g/mol. The maximum absolute atomic E-state index is 12.2. The largest absolute Gasteiger partial charge is 0.479 e. The molecule has 2 heterocycles. The molecular formula is C13H16F3N3O3. The lowest BCUT2D eigenvalue weighted by atomic mass is 9.92. The van der Waals surface area contributed by atoms with Crippen LogP contribution in [-0.4, -0.2) is 51.0 Å². The number of aliphatic carboxylic acids is 1. The van der Waals surface area contributed by atoms with Crippen molar-refractivity contribution in [1.82, 2.24) is 9.97 Å². The SMILES string of the molecule is O=C(O)C1(O)CCN(c2nccc(CCC(F)(F)F)n2)CC1. The first-order valence-corrected chi connectivity index (χ1v) is 6.79. The van der Waals surface area contributed by atoms with Crippen LogP contribution in [0.2, 0.25) is 0 Å². The monoisotopic (exact) mass is 319 g/mol. The summed E-state index contributed by atoms with van der Waals surface area (Å²) in [6.07, 6.45) is -4.02. The first-order valence-electron chi connectivity index (χ1n) is 6.79. The van der Waals surface area contributed by atoms with Gasteiger partial charge in [0.05, 0.1) is 0 Å². The molecule has 22 heavy (non-hydrogen) atoms. The van der Waals surface area contributed by atoms with E-state index in [0.29, 0.717) is 0 Å². The maximum Gasteiger partial charge on any atom is 0.389 e. The Morgan fingerprint density at radius 1 is 1.36 bits per heavy atom. The minimum absolute atomic E-state index is 0.0124. The number of anilines is 1. The molecule has 0 radical (unpaired) electrons. The minimum atomic E-state index is -4.24. The third kappa shape index (κ3) is 4.06. The smallest absolute Gasteiger partial charge is 0.389 e. The standard InChI is InChI=1S/C13H16F3N3O3/c14-13(15,16)3-1-9-2-6-17-11(18-9)19-7-4-12(22,5-8-19)10(20)21/h2,6,22H,1,3-5,7-8H2,(H,20,21). The fourth-order valence-corrected chi connectivity index (χ4v) is 2.24. The van der Waals surface area contributed by atoms with Gasteiger partial charge >= 0.3 is 12.1 Å². The number of carboxylic acids is 1. The molecule has 2 N–H and O–H groups in total. The number of aromatic nitrogens is 2. The van der Waals surface area contributed by atoms with Crippen molar-refractivity contribution in [2.24, 2.45) is 0 Å². The van der Waals surface area contributed by atoms with E-state index < -0.39 is 24.2 Å². The quantitative estimate of drug-likeness (QED) is 0.872. The van der Waals surface area contributed by atoms with E-state index in [2.05, 4.69) is 9.97 Å². The van der Waals surface area contributed by atoms with Crippen molar-refractivity contribution in [3.05, 3.63) is 18.0 Å². The fourth-order valence-electron chi connectivity index (χ4n) is 2.24. The van der Waals surface area contributed by atoms with Crippen LogP contribution >= 0.6 is 0 Å². The molecule has 1 aromatic heterocycles. The number of hydrogen-bond donors (Lipinski definition) is 2. The molecule has 0 spiro atoms. The van der Waals surface area contributed by atoms with Crippen LogP contribution < -0.4 is 4.90 Å². The molecule has 122 valence electrons. The van der Waals surface area contributed by atoms with E-state index in [1.807, 2.05) is 0 Å². The van der Waals surface area contributed by atoms with Gasteiger partial charge < -0.3 is 15.1 Å². The van der Waals surface area contributed by atoms with E-state index >= 15 is 0 Å². The third-order valence-corrected chi connectivity index (χ3v) is 3.64. The zero-order valence-corrected chi connectivity index (χ0v) is 11.7.